The smallest absolute Gasteiger partial charge is 0.262 e. The lowest BCUT2D eigenvalue weighted by Gasteiger charge is -2.12. The van der Waals surface area contributed by atoms with Crippen LogP contribution in [0.25, 0.3) is 22.3 Å². The molecule has 9 heteroatoms. The standard InChI is InChI=1S/C40H30Br2N2O5/c41-35-23-29(27-7-3-1-4-8-27)11-21-37(35)47-25-39(45)43-31-13-17-33(18-14-31)49-34-19-15-32(16-20-34)44-40(46)26-48-38-22-12-30(24-36(38)42)28-9-5-2-6-10-28/h1-24H,25-26H2,(H,43,45)(H,44,46). The highest BCUT2D eigenvalue weighted by Crippen LogP contribution is 2.32. The van der Waals surface area contributed by atoms with Crippen LogP contribution in [-0.2, 0) is 9.59 Å². The zero-order valence-corrected chi connectivity index (χ0v) is 29.2. The van der Waals surface area contributed by atoms with Gasteiger partial charge in [0, 0.05) is 11.4 Å². The fourth-order valence-electron chi connectivity index (χ4n) is 4.89. The molecule has 0 saturated heterocycles. The molecule has 0 fully saturated rings. The number of halogens is 2. The first-order valence-corrected chi connectivity index (χ1v) is 16.9. The lowest BCUT2D eigenvalue weighted by atomic mass is 10.1. The van der Waals surface area contributed by atoms with Crippen LogP contribution in [-0.4, -0.2) is 25.0 Å². The maximum Gasteiger partial charge on any atom is 0.262 e. The van der Waals surface area contributed by atoms with Crippen LogP contribution >= 0.6 is 31.9 Å². The highest BCUT2D eigenvalue weighted by Gasteiger charge is 2.10. The maximum atomic E-state index is 12.5. The van der Waals surface area contributed by atoms with Crippen molar-refractivity contribution in [3.8, 4) is 45.3 Å². The minimum Gasteiger partial charge on any atom is -0.483 e. The largest absolute Gasteiger partial charge is 0.483 e. The Morgan fingerprint density at radius 3 is 1.22 bits per heavy atom. The lowest BCUT2D eigenvalue weighted by Crippen LogP contribution is -2.20. The average molecular weight is 778 g/mol. The van der Waals surface area contributed by atoms with E-state index in [4.69, 9.17) is 14.2 Å². The Morgan fingerprint density at radius 1 is 0.469 bits per heavy atom. The summed E-state index contributed by atoms with van der Waals surface area (Å²) in [5, 5.41) is 5.66. The third-order valence-corrected chi connectivity index (χ3v) is 8.55. The summed E-state index contributed by atoms with van der Waals surface area (Å²) in [5.41, 5.74) is 5.51. The molecule has 6 rings (SSSR count). The van der Waals surface area contributed by atoms with Gasteiger partial charge in [0.25, 0.3) is 11.8 Å². The minimum atomic E-state index is -0.288. The molecule has 244 valence electrons. The van der Waals surface area contributed by atoms with Gasteiger partial charge in [-0.3, -0.25) is 9.59 Å². The predicted molar refractivity (Wildman–Crippen MR) is 200 cm³/mol. The number of carbonyl (C=O) groups excluding carboxylic acids is 2. The molecule has 6 aromatic rings. The molecule has 7 nitrogen and oxygen atoms in total. The molecule has 49 heavy (non-hydrogen) atoms. The second-order valence-electron chi connectivity index (χ2n) is 10.8. The van der Waals surface area contributed by atoms with Gasteiger partial charge in [0.05, 0.1) is 8.95 Å². The van der Waals surface area contributed by atoms with Crippen LogP contribution in [0.3, 0.4) is 0 Å². The van der Waals surface area contributed by atoms with E-state index >= 15 is 0 Å². The van der Waals surface area contributed by atoms with Gasteiger partial charge in [0.15, 0.2) is 13.2 Å². The Morgan fingerprint density at radius 2 is 0.857 bits per heavy atom. The van der Waals surface area contributed by atoms with Gasteiger partial charge in [-0.25, -0.2) is 0 Å². The van der Waals surface area contributed by atoms with Gasteiger partial charge in [-0.15, -0.1) is 0 Å². The third kappa shape index (κ3) is 9.37. The first kappa shape index (κ1) is 33.5. The summed E-state index contributed by atoms with van der Waals surface area (Å²) < 4.78 is 18.9. The predicted octanol–water partition coefficient (Wildman–Crippen LogP) is 10.4. The van der Waals surface area contributed by atoms with E-state index in [0.717, 1.165) is 31.2 Å². The van der Waals surface area contributed by atoms with Gasteiger partial charge < -0.3 is 24.8 Å². The van der Waals surface area contributed by atoms with E-state index < -0.39 is 0 Å². The van der Waals surface area contributed by atoms with E-state index in [2.05, 4.69) is 42.5 Å². The Kier molecular flexibility index (Phi) is 11.0. The second-order valence-corrected chi connectivity index (χ2v) is 12.6. The van der Waals surface area contributed by atoms with E-state index in [0.29, 0.717) is 34.4 Å². The van der Waals surface area contributed by atoms with Crippen molar-refractivity contribution in [2.75, 3.05) is 23.8 Å². The maximum absolute atomic E-state index is 12.5. The van der Waals surface area contributed by atoms with Crippen LogP contribution in [0.2, 0.25) is 0 Å². The van der Waals surface area contributed by atoms with Crippen molar-refractivity contribution in [2.45, 2.75) is 0 Å². The summed E-state index contributed by atoms with van der Waals surface area (Å²) in [4.78, 5) is 25.1. The molecule has 0 heterocycles. The molecule has 0 unspecified atom stereocenters. The van der Waals surface area contributed by atoms with Crippen molar-refractivity contribution in [3.05, 3.63) is 155 Å². The SMILES string of the molecule is O=C(COc1ccc(-c2ccccc2)cc1Br)Nc1ccc(Oc2ccc(NC(=O)COc3ccc(-c4ccccc4)cc3Br)cc2)cc1. The molecule has 0 aliphatic heterocycles. The number of nitrogens with one attached hydrogen (secondary N) is 2. The number of ether oxygens (including phenoxy) is 3. The molecule has 0 aromatic heterocycles. The van der Waals surface area contributed by atoms with Gasteiger partial charge >= 0.3 is 0 Å². The number of rotatable bonds is 12. The van der Waals surface area contributed by atoms with Gasteiger partial charge in [-0.2, -0.15) is 0 Å². The van der Waals surface area contributed by atoms with E-state index in [1.54, 1.807) is 48.5 Å². The number of benzene rings is 6. The van der Waals surface area contributed by atoms with E-state index in [-0.39, 0.29) is 25.0 Å². The Hall–Kier alpha value is -5.38. The number of hydrogen-bond acceptors (Lipinski definition) is 5. The summed E-state index contributed by atoms with van der Waals surface area (Å²) in [6, 6.07) is 45.6. The first-order valence-electron chi connectivity index (χ1n) is 15.3. The second kappa shape index (κ2) is 16.1. The average Bonchev–Trinajstić information content (AvgIpc) is 3.13. The Labute approximate surface area is 301 Å². The van der Waals surface area contributed by atoms with Crippen LogP contribution in [0.1, 0.15) is 0 Å². The van der Waals surface area contributed by atoms with Crippen molar-refractivity contribution < 1.29 is 23.8 Å². The molecule has 6 aromatic carbocycles. The summed E-state index contributed by atoms with van der Waals surface area (Å²) in [6.07, 6.45) is 0. The fourth-order valence-corrected chi connectivity index (χ4v) is 5.87. The molecule has 0 saturated carbocycles. The summed E-state index contributed by atoms with van der Waals surface area (Å²) in [5.74, 6) is 1.76. The normalized spacial score (nSPS) is 10.6. The minimum absolute atomic E-state index is 0.143. The molecule has 2 amide bonds. The van der Waals surface area contributed by atoms with Crippen LogP contribution < -0.4 is 24.8 Å². The van der Waals surface area contributed by atoms with Crippen molar-refractivity contribution in [2.24, 2.45) is 0 Å². The van der Waals surface area contributed by atoms with E-state index in [1.807, 2.05) is 97.1 Å². The van der Waals surface area contributed by atoms with E-state index in [1.165, 1.54) is 0 Å². The highest BCUT2D eigenvalue weighted by molar-refractivity contribution is 9.11. The molecule has 0 aliphatic carbocycles. The van der Waals surface area contributed by atoms with Crippen molar-refractivity contribution in [1.29, 1.82) is 0 Å². The van der Waals surface area contributed by atoms with Crippen LogP contribution in [0.5, 0.6) is 23.0 Å². The molecule has 0 atom stereocenters. The number of amides is 2. The zero-order chi connectivity index (χ0) is 34.0. The van der Waals surface area contributed by atoms with Crippen LogP contribution in [0.15, 0.2) is 155 Å². The molecule has 0 aliphatic rings. The van der Waals surface area contributed by atoms with Crippen molar-refractivity contribution in [3.63, 3.8) is 0 Å². The topological polar surface area (TPSA) is 85.9 Å². The molecular formula is C40H30Br2N2O5. The molecular weight excluding hydrogens is 748 g/mol. The number of anilines is 2. The first-order chi connectivity index (χ1) is 23.9. The van der Waals surface area contributed by atoms with Gasteiger partial charge in [-0.1, -0.05) is 72.8 Å². The molecule has 2 N–H and O–H groups in total. The van der Waals surface area contributed by atoms with Crippen molar-refractivity contribution in [1.82, 2.24) is 0 Å². The summed E-state index contributed by atoms with van der Waals surface area (Å²) >= 11 is 7.08. The van der Waals surface area contributed by atoms with Crippen LogP contribution in [0.4, 0.5) is 11.4 Å². The fraction of sp³-hybridized carbons (Fsp3) is 0.0500. The number of carbonyl (C=O) groups is 2. The Bertz CT molecular complexity index is 1890. The Balaban J connectivity index is 0.937. The summed E-state index contributed by atoms with van der Waals surface area (Å²) in [6.45, 7) is -0.286. The quantitative estimate of drug-likeness (QED) is 0.129. The van der Waals surface area contributed by atoms with E-state index in [9.17, 15) is 9.59 Å². The van der Waals surface area contributed by atoms with Gasteiger partial charge in [0.1, 0.15) is 23.0 Å². The highest BCUT2D eigenvalue weighted by atomic mass is 79.9. The molecule has 0 radical (unpaired) electrons. The molecule has 0 spiro atoms. The van der Waals surface area contributed by atoms with Gasteiger partial charge in [0.2, 0.25) is 0 Å². The van der Waals surface area contributed by atoms with Gasteiger partial charge in [-0.05, 0) is 127 Å². The van der Waals surface area contributed by atoms with Crippen molar-refractivity contribution >= 4 is 55.0 Å². The monoisotopic (exact) mass is 776 g/mol. The lowest BCUT2D eigenvalue weighted by molar-refractivity contribution is -0.118. The van der Waals surface area contributed by atoms with Crippen LogP contribution in [0, 0.1) is 0 Å². The summed E-state index contributed by atoms with van der Waals surface area (Å²) in [7, 11) is 0. The third-order valence-electron chi connectivity index (χ3n) is 7.31. The number of hydrogen-bond donors (Lipinski definition) is 2. The zero-order valence-electron chi connectivity index (χ0n) is 26.1. The molecule has 0 bridgehead atoms.